The Bertz CT molecular complexity index is 2530. The first-order chi connectivity index (χ1) is 25.3. The molecule has 9 rings (SSSR count). The maximum absolute atomic E-state index is 4.75. The summed E-state index contributed by atoms with van der Waals surface area (Å²) in [6.07, 6.45) is 0.995. The van der Waals surface area contributed by atoms with Crippen molar-refractivity contribution in [1.82, 2.24) is 19.3 Å². The molecular weight excluding hydrogens is 623 g/mol. The molecule has 244 valence electrons. The molecule has 5 nitrogen and oxygen atoms in total. The molecule has 0 aliphatic carbocycles. The molecule has 0 amide bonds. The van der Waals surface area contributed by atoms with Crippen LogP contribution in [0.3, 0.4) is 0 Å². The Morgan fingerprint density at radius 3 is 1.39 bits per heavy atom. The van der Waals surface area contributed by atoms with Crippen LogP contribution in [0, 0.1) is 0 Å². The number of anilines is 3. The first-order valence-corrected chi connectivity index (χ1v) is 17.4. The van der Waals surface area contributed by atoms with Crippen LogP contribution in [0.15, 0.2) is 182 Å². The van der Waals surface area contributed by atoms with Crippen molar-refractivity contribution in [2.75, 3.05) is 4.90 Å². The van der Waals surface area contributed by atoms with Crippen LogP contribution in [-0.2, 0) is 6.42 Å². The van der Waals surface area contributed by atoms with E-state index in [0.29, 0.717) is 0 Å². The SMILES string of the molecule is CCc1ccc(-c2nnc(-c3ccc(N(c4ccccc4)c4ccc(-n5c6ccccc6c6ccccc65)cc4)cc3)n2-c2ccccc2)cc1. The normalized spacial score (nSPS) is 11.3. The van der Waals surface area contributed by atoms with Gasteiger partial charge in [0.25, 0.3) is 0 Å². The summed E-state index contributed by atoms with van der Waals surface area (Å²) >= 11 is 0. The van der Waals surface area contributed by atoms with Crippen LogP contribution in [-0.4, -0.2) is 19.3 Å². The van der Waals surface area contributed by atoms with Gasteiger partial charge in [-0.3, -0.25) is 4.57 Å². The van der Waals surface area contributed by atoms with Crippen LogP contribution in [0.4, 0.5) is 17.1 Å². The summed E-state index contributed by atoms with van der Waals surface area (Å²) < 4.78 is 4.50. The minimum Gasteiger partial charge on any atom is -0.311 e. The van der Waals surface area contributed by atoms with E-state index >= 15 is 0 Å². The van der Waals surface area contributed by atoms with Crippen molar-refractivity contribution in [2.24, 2.45) is 0 Å². The zero-order valence-corrected chi connectivity index (χ0v) is 28.3. The Kier molecular flexibility index (Phi) is 7.71. The van der Waals surface area contributed by atoms with E-state index in [4.69, 9.17) is 10.2 Å². The van der Waals surface area contributed by atoms with Crippen molar-refractivity contribution in [1.29, 1.82) is 0 Å². The number of aryl methyl sites for hydroxylation is 1. The molecule has 0 N–H and O–H groups in total. The number of para-hydroxylation sites is 4. The number of rotatable bonds is 8. The fourth-order valence-corrected chi connectivity index (χ4v) is 7.10. The third kappa shape index (κ3) is 5.45. The summed E-state index contributed by atoms with van der Waals surface area (Å²) in [6.45, 7) is 2.17. The summed E-state index contributed by atoms with van der Waals surface area (Å²) in [4.78, 5) is 2.29. The first kappa shape index (κ1) is 30.3. The van der Waals surface area contributed by atoms with E-state index in [9.17, 15) is 0 Å². The van der Waals surface area contributed by atoms with Gasteiger partial charge in [-0.2, -0.15) is 0 Å². The van der Waals surface area contributed by atoms with Crippen LogP contribution in [0.5, 0.6) is 0 Å². The highest BCUT2D eigenvalue weighted by Gasteiger charge is 2.19. The topological polar surface area (TPSA) is 38.9 Å². The van der Waals surface area contributed by atoms with Gasteiger partial charge in [0.15, 0.2) is 11.6 Å². The number of hydrogen-bond donors (Lipinski definition) is 0. The zero-order valence-electron chi connectivity index (χ0n) is 28.3. The van der Waals surface area contributed by atoms with Gasteiger partial charge in [0.2, 0.25) is 0 Å². The zero-order chi connectivity index (χ0) is 34.1. The van der Waals surface area contributed by atoms with E-state index in [2.05, 4.69) is 197 Å². The Labute approximate surface area is 297 Å². The lowest BCUT2D eigenvalue weighted by Gasteiger charge is -2.26. The van der Waals surface area contributed by atoms with Gasteiger partial charge in [0.1, 0.15) is 0 Å². The van der Waals surface area contributed by atoms with Crippen molar-refractivity contribution in [3.63, 3.8) is 0 Å². The average molecular weight is 658 g/mol. The average Bonchev–Trinajstić information content (AvgIpc) is 3.80. The molecule has 0 fully saturated rings. The summed E-state index contributed by atoms with van der Waals surface area (Å²) in [6, 6.07) is 64.2. The Morgan fingerprint density at radius 2 is 0.843 bits per heavy atom. The molecule has 0 atom stereocenters. The molecule has 0 aliphatic rings. The second-order valence-corrected chi connectivity index (χ2v) is 12.7. The molecule has 7 aromatic carbocycles. The highest BCUT2D eigenvalue weighted by Crippen LogP contribution is 2.38. The number of hydrogen-bond acceptors (Lipinski definition) is 3. The third-order valence-electron chi connectivity index (χ3n) is 9.64. The molecule has 0 aliphatic heterocycles. The Balaban J connectivity index is 1.11. The van der Waals surface area contributed by atoms with Crippen molar-refractivity contribution >= 4 is 38.9 Å². The molecule has 0 radical (unpaired) electrons. The van der Waals surface area contributed by atoms with E-state index in [1.54, 1.807) is 0 Å². The fraction of sp³-hybridized carbons (Fsp3) is 0.0435. The summed E-state index contributed by atoms with van der Waals surface area (Å²) in [5.41, 5.74) is 11.1. The molecule has 0 spiro atoms. The van der Waals surface area contributed by atoms with Gasteiger partial charge in [-0.1, -0.05) is 104 Å². The van der Waals surface area contributed by atoms with Gasteiger partial charge in [-0.15, -0.1) is 10.2 Å². The van der Waals surface area contributed by atoms with Gasteiger partial charge in [-0.05, 0) is 96.9 Å². The predicted octanol–water partition coefficient (Wildman–Crippen LogP) is 11.7. The minimum absolute atomic E-state index is 0.795. The first-order valence-electron chi connectivity index (χ1n) is 17.4. The van der Waals surface area contributed by atoms with Crippen LogP contribution in [0.1, 0.15) is 12.5 Å². The van der Waals surface area contributed by atoms with Crippen molar-refractivity contribution < 1.29 is 0 Å². The van der Waals surface area contributed by atoms with Gasteiger partial charge in [0, 0.05) is 50.3 Å². The quantitative estimate of drug-likeness (QED) is 0.163. The van der Waals surface area contributed by atoms with Crippen LogP contribution < -0.4 is 4.90 Å². The number of fused-ring (bicyclic) bond motifs is 3. The maximum atomic E-state index is 4.75. The van der Waals surface area contributed by atoms with Crippen molar-refractivity contribution in [2.45, 2.75) is 13.3 Å². The monoisotopic (exact) mass is 657 g/mol. The largest absolute Gasteiger partial charge is 0.311 e. The molecule has 2 aromatic heterocycles. The van der Waals surface area contributed by atoms with Crippen LogP contribution >= 0.6 is 0 Å². The highest BCUT2D eigenvalue weighted by molar-refractivity contribution is 6.09. The van der Waals surface area contributed by atoms with Gasteiger partial charge >= 0.3 is 0 Å². The molecule has 0 bridgehead atoms. The highest BCUT2D eigenvalue weighted by atomic mass is 15.3. The predicted molar refractivity (Wildman–Crippen MR) is 211 cm³/mol. The Hall–Kier alpha value is -6.72. The smallest absolute Gasteiger partial charge is 0.168 e. The van der Waals surface area contributed by atoms with E-state index in [0.717, 1.165) is 57.6 Å². The van der Waals surface area contributed by atoms with Crippen LogP contribution in [0.25, 0.3) is 56.0 Å². The van der Waals surface area contributed by atoms with Gasteiger partial charge in [0.05, 0.1) is 11.0 Å². The minimum atomic E-state index is 0.795. The van der Waals surface area contributed by atoms with E-state index < -0.39 is 0 Å². The molecule has 51 heavy (non-hydrogen) atoms. The maximum Gasteiger partial charge on any atom is 0.168 e. The van der Waals surface area contributed by atoms with Crippen LogP contribution in [0.2, 0.25) is 0 Å². The van der Waals surface area contributed by atoms with E-state index in [-0.39, 0.29) is 0 Å². The number of aromatic nitrogens is 4. The standard InChI is InChI=1S/C46H35N5/c1-2-33-21-23-34(24-22-33)45-47-48-46(51(45)37-15-7-4-8-16-37)35-25-27-38(28-26-35)49(36-13-5-3-6-14-36)39-29-31-40(32-30-39)50-43-19-11-9-17-41(43)42-18-10-12-20-44(42)50/h3-32H,2H2,1H3. The third-order valence-corrected chi connectivity index (χ3v) is 9.64. The Morgan fingerprint density at radius 1 is 0.412 bits per heavy atom. The number of nitrogens with zero attached hydrogens (tertiary/aromatic N) is 5. The van der Waals surface area contributed by atoms with Gasteiger partial charge < -0.3 is 9.47 Å². The van der Waals surface area contributed by atoms with E-state index in [1.807, 2.05) is 6.07 Å². The molecule has 2 heterocycles. The summed E-state index contributed by atoms with van der Waals surface area (Å²) in [5.74, 6) is 1.61. The number of benzene rings is 7. The molecule has 0 saturated heterocycles. The fourth-order valence-electron chi connectivity index (χ4n) is 7.10. The van der Waals surface area contributed by atoms with Gasteiger partial charge in [-0.25, -0.2) is 0 Å². The second kappa shape index (κ2) is 13.0. The van der Waals surface area contributed by atoms with E-state index in [1.165, 1.54) is 27.4 Å². The second-order valence-electron chi connectivity index (χ2n) is 12.7. The van der Waals surface area contributed by atoms with Crippen molar-refractivity contribution in [3.05, 3.63) is 188 Å². The molecule has 5 heteroatoms. The molecule has 0 unspecified atom stereocenters. The lowest BCUT2D eigenvalue weighted by atomic mass is 10.1. The lowest BCUT2D eigenvalue weighted by molar-refractivity contribution is 1.07. The summed E-state index contributed by atoms with van der Waals surface area (Å²) in [5, 5.41) is 12.0. The molecule has 9 aromatic rings. The van der Waals surface area contributed by atoms with Crippen molar-refractivity contribution in [3.8, 4) is 34.2 Å². The molecular formula is C46H35N5. The molecule has 0 saturated carbocycles. The lowest BCUT2D eigenvalue weighted by Crippen LogP contribution is -2.10. The summed E-state index contributed by atoms with van der Waals surface area (Å²) in [7, 11) is 0.